The lowest BCUT2D eigenvalue weighted by molar-refractivity contribution is -0.116. The maximum absolute atomic E-state index is 12.2. The van der Waals surface area contributed by atoms with Gasteiger partial charge in [-0.05, 0) is 48.4 Å². The van der Waals surface area contributed by atoms with E-state index in [4.69, 9.17) is 4.74 Å². The summed E-state index contributed by atoms with van der Waals surface area (Å²) in [6.07, 6.45) is 4.67. The molecule has 0 radical (unpaired) electrons. The van der Waals surface area contributed by atoms with Gasteiger partial charge in [0.1, 0.15) is 5.75 Å². The van der Waals surface area contributed by atoms with E-state index >= 15 is 0 Å². The lowest BCUT2D eigenvalue weighted by Crippen LogP contribution is -2.12. The molecule has 1 amide bonds. The van der Waals surface area contributed by atoms with Crippen LogP contribution in [0.5, 0.6) is 5.75 Å². The number of ether oxygens (including phenoxy) is 1. The molecule has 0 unspecified atom stereocenters. The number of aromatic nitrogens is 2. The molecule has 0 saturated carbocycles. The third-order valence-electron chi connectivity index (χ3n) is 3.67. The molecule has 0 aliphatic heterocycles. The summed E-state index contributed by atoms with van der Waals surface area (Å²) >= 11 is 0. The number of rotatable bonds is 6. The molecule has 0 fully saturated rings. The number of hydrogen-bond acceptors (Lipinski definition) is 3. The van der Waals surface area contributed by atoms with Gasteiger partial charge in [0, 0.05) is 24.5 Å². The Hall–Kier alpha value is -3.08. The van der Waals surface area contributed by atoms with Gasteiger partial charge in [0.25, 0.3) is 0 Å². The molecule has 0 bridgehead atoms. The number of amides is 1. The minimum Gasteiger partial charge on any atom is -0.497 e. The highest BCUT2D eigenvalue weighted by Gasteiger charge is 2.05. The number of nitrogens with one attached hydrogen (secondary N) is 1. The zero-order valence-corrected chi connectivity index (χ0v) is 13.5. The van der Waals surface area contributed by atoms with Gasteiger partial charge < -0.3 is 10.1 Å². The Labute approximate surface area is 140 Å². The molecule has 24 heavy (non-hydrogen) atoms. The van der Waals surface area contributed by atoms with Crippen LogP contribution in [-0.2, 0) is 11.2 Å². The Balaban J connectivity index is 1.59. The molecule has 0 spiro atoms. The van der Waals surface area contributed by atoms with E-state index in [0.717, 1.165) is 22.7 Å². The van der Waals surface area contributed by atoms with Gasteiger partial charge in [-0.1, -0.05) is 18.2 Å². The van der Waals surface area contributed by atoms with Crippen LogP contribution in [0.25, 0.3) is 5.69 Å². The fraction of sp³-hybridized carbons (Fsp3) is 0.158. The molecule has 5 nitrogen and oxygen atoms in total. The fourth-order valence-corrected chi connectivity index (χ4v) is 2.46. The first kappa shape index (κ1) is 15.8. The van der Waals surface area contributed by atoms with Gasteiger partial charge >= 0.3 is 0 Å². The highest BCUT2D eigenvalue weighted by molar-refractivity contribution is 5.91. The lowest BCUT2D eigenvalue weighted by atomic mass is 10.1. The Morgan fingerprint density at radius 3 is 2.83 bits per heavy atom. The second-order valence-corrected chi connectivity index (χ2v) is 5.40. The van der Waals surface area contributed by atoms with Crippen molar-refractivity contribution in [1.82, 2.24) is 9.78 Å². The lowest BCUT2D eigenvalue weighted by Gasteiger charge is -2.08. The first-order valence-electron chi connectivity index (χ1n) is 7.77. The van der Waals surface area contributed by atoms with Crippen LogP contribution in [0.2, 0.25) is 0 Å². The molecule has 1 heterocycles. The third-order valence-corrected chi connectivity index (χ3v) is 3.67. The Morgan fingerprint density at radius 1 is 1.17 bits per heavy atom. The topological polar surface area (TPSA) is 56.1 Å². The van der Waals surface area contributed by atoms with Crippen LogP contribution in [0.15, 0.2) is 67.0 Å². The molecule has 1 aromatic heterocycles. The molecule has 0 aliphatic rings. The SMILES string of the molecule is COc1cccc(CCC(=O)Nc2cccc(-n3cccn3)c2)c1. The molecule has 3 aromatic rings. The first-order chi connectivity index (χ1) is 11.7. The van der Waals surface area contributed by atoms with Crippen molar-refractivity contribution in [1.29, 1.82) is 0 Å². The molecule has 0 aliphatic carbocycles. The van der Waals surface area contributed by atoms with E-state index in [1.54, 1.807) is 18.0 Å². The third kappa shape index (κ3) is 4.01. The summed E-state index contributed by atoms with van der Waals surface area (Å²) in [5.41, 5.74) is 2.75. The molecule has 3 rings (SSSR count). The number of carbonyl (C=O) groups is 1. The van der Waals surface area contributed by atoms with Gasteiger partial charge in [-0.25, -0.2) is 4.68 Å². The van der Waals surface area contributed by atoms with E-state index < -0.39 is 0 Å². The summed E-state index contributed by atoms with van der Waals surface area (Å²) in [6.45, 7) is 0. The van der Waals surface area contributed by atoms with Crippen molar-refractivity contribution >= 4 is 11.6 Å². The molecule has 0 saturated heterocycles. The van der Waals surface area contributed by atoms with Crippen molar-refractivity contribution in [3.8, 4) is 11.4 Å². The zero-order chi connectivity index (χ0) is 16.8. The molecule has 0 atom stereocenters. The van der Waals surface area contributed by atoms with E-state index in [-0.39, 0.29) is 5.91 Å². The van der Waals surface area contributed by atoms with Crippen molar-refractivity contribution in [2.24, 2.45) is 0 Å². The van der Waals surface area contributed by atoms with Gasteiger partial charge in [-0.3, -0.25) is 4.79 Å². The van der Waals surface area contributed by atoms with Crippen LogP contribution >= 0.6 is 0 Å². The first-order valence-corrected chi connectivity index (χ1v) is 7.77. The van der Waals surface area contributed by atoms with Crippen molar-refractivity contribution < 1.29 is 9.53 Å². The number of methoxy groups -OCH3 is 1. The van der Waals surface area contributed by atoms with Crippen molar-refractivity contribution in [2.45, 2.75) is 12.8 Å². The van der Waals surface area contributed by atoms with E-state index in [9.17, 15) is 4.79 Å². The summed E-state index contributed by atoms with van der Waals surface area (Å²) < 4.78 is 6.95. The van der Waals surface area contributed by atoms with Crippen molar-refractivity contribution in [2.75, 3.05) is 12.4 Å². The van der Waals surface area contributed by atoms with Crippen LogP contribution in [0, 0.1) is 0 Å². The molecule has 122 valence electrons. The van der Waals surface area contributed by atoms with Crippen molar-refractivity contribution in [3.63, 3.8) is 0 Å². The fourth-order valence-electron chi connectivity index (χ4n) is 2.46. The minimum atomic E-state index is -0.0181. The van der Waals surface area contributed by atoms with Crippen LogP contribution < -0.4 is 10.1 Å². The van der Waals surface area contributed by atoms with Gasteiger partial charge in [0.15, 0.2) is 0 Å². The van der Waals surface area contributed by atoms with E-state index in [1.807, 2.05) is 60.8 Å². The average Bonchev–Trinajstić information content (AvgIpc) is 3.15. The predicted molar refractivity (Wildman–Crippen MR) is 93.5 cm³/mol. The van der Waals surface area contributed by atoms with Gasteiger partial charge in [-0.15, -0.1) is 0 Å². The van der Waals surface area contributed by atoms with Crippen LogP contribution in [0.3, 0.4) is 0 Å². The van der Waals surface area contributed by atoms with Crippen LogP contribution in [0.1, 0.15) is 12.0 Å². The Bertz CT molecular complexity index is 813. The van der Waals surface area contributed by atoms with Crippen LogP contribution in [0.4, 0.5) is 5.69 Å². The van der Waals surface area contributed by atoms with E-state index in [1.165, 1.54) is 0 Å². The smallest absolute Gasteiger partial charge is 0.224 e. The summed E-state index contributed by atoms with van der Waals surface area (Å²) in [5, 5.41) is 7.12. The van der Waals surface area contributed by atoms with Gasteiger partial charge in [0.2, 0.25) is 5.91 Å². The standard InChI is InChI=1S/C19H19N3O2/c1-24-18-8-2-5-15(13-18)9-10-19(23)21-16-6-3-7-17(14-16)22-12-4-11-20-22/h2-8,11-14H,9-10H2,1H3,(H,21,23). The second kappa shape index (κ2) is 7.46. The summed E-state index contributed by atoms with van der Waals surface area (Å²) in [7, 11) is 1.64. The predicted octanol–water partition coefficient (Wildman–Crippen LogP) is 3.45. The number of anilines is 1. The van der Waals surface area contributed by atoms with Crippen LogP contribution in [-0.4, -0.2) is 22.8 Å². The van der Waals surface area contributed by atoms with Crippen molar-refractivity contribution in [3.05, 3.63) is 72.6 Å². The number of aryl methyl sites for hydroxylation is 1. The largest absolute Gasteiger partial charge is 0.497 e. The average molecular weight is 321 g/mol. The number of carbonyl (C=O) groups excluding carboxylic acids is 1. The van der Waals surface area contributed by atoms with Gasteiger partial charge in [0.05, 0.1) is 12.8 Å². The second-order valence-electron chi connectivity index (χ2n) is 5.40. The Morgan fingerprint density at radius 2 is 2.04 bits per heavy atom. The number of nitrogens with zero attached hydrogens (tertiary/aromatic N) is 2. The summed E-state index contributed by atoms with van der Waals surface area (Å²) in [5.74, 6) is 0.787. The Kier molecular flexibility index (Phi) is 4.91. The highest BCUT2D eigenvalue weighted by atomic mass is 16.5. The monoisotopic (exact) mass is 321 g/mol. The molecular formula is C19H19N3O2. The quantitative estimate of drug-likeness (QED) is 0.756. The molecular weight excluding hydrogens is 302 g/mol. The summed E-state index contributed by atoms with van der Waals surface area (Å²) in [4.78, 5) is 12.2. The molecule has 2 aromatic carbocycles. The normalized spacial score (nSPS) is 10.4. The minimum absolute atomic E-state index is 0.0181. The maximum Gasteiger partial charge on any atom is 0.224 e. The van der Waals surface area contributed by atoms with E-state index in [2.05, 4.69) is 10.4 Å². The number of benzene rings is 2. The molecule has 5 heteroatoms. The highest BCUT2D eigenvalue weighted by Crippen LogP contribution is 2.16. The summed E-state index contributed by atoms with van der Waals surface area (Å²) in [6, 6.07) is 17.2. The number of hydrogen-bond donors (Lipinski definition) is 1. The van der Waals surface area contributed by atoms with E-state index in [0.29, 0.717) is 12.8 Å². The molecule has 1 N–H and O–H groups in total. The zero-order valence-electron chi connectivity index (χ0n) is 13.5. The maximum atomic E-state index is 12.2. The van der Waals surface area contributed by atoms with Gasteiger partial charge in [-0.2, -0.15) is 5.10 Å².